The van der Waals surface area contributed by atoms with Crippen LogP contribution in [0.25, 0.3) is 0 Å². The summed E-state index contributed by atoms with van der Waals surface area (Å²) >= 11 is 0. The average molecular weight is 299 g/mol. The largest absolute Gasteiger partial charge is 0.349 e. The molecular formula is C18H18FNO2. The van der Waals surface area contributed by atoms with E-state index < -0.39 is 5.82 Å². The van der Waals surface area contributed by atoms with Crippen molar-refractivity contribution in [3.05, 3.63) is 71.5 Å². The Kier molecular flexibility index (Phi) is 5.42. The van der Waals surface area contributed by atoms with Crippen molar-refractivity contribution in [1.82, 2.24) is 5.32 Å². The van der Waals surface area contributed by atoms with Crippen LogP contribution in [0, 0.1) is 5.82 Å². The summed E-state index contributed by atoms with van der Waals surface area (Å²) in [5, 5.41) is 2.61. The maximum absolute atomic E-state index is 12.8. The minimum atomic E-state index is -0.391. The predicted octanol–water partition coefficient (Wildman–Crippen LogP) is 3.32. The second-order valence-corrected chi connectivity index (χ2v) is 5.22. The van der Waals surface area contributed by atoms with Gasteiger partial charge in [-0.3, -0.25) is 9.59 Å². The van der Waals surface area contributed by atoms with Crippen LogP contribution in [0.15, 0.2) is 54.6 Å². The average Bonchev–Trinajstić information content (AvgIpc) is 2.54. The third kappa shape index (κ3) is 4.52. The molecule has 0 radical (unpaired) electrons. The Bertz CT molecular complexity index is 638. The van der Waals surface area contributed by atoms with E-state index in [1.54, 1.807) is 0 Å². The van der Waals surface area contributed by atoms with Crippen molar-refractivity contribution in [3.63, 3.8) is 0 Å². The lowest BCUT2D eigenvalue weighted by Gasteiger charge is -2.11. The summed E-state index contributed by atoms with van der Waals surface area (Å²) < 4.78 is 12.8. The molecule has 1 atom stereocenters. The van der Waals surface area contributed by atoms with Crippen molar-refractivity contribution < 1.29 is 14.0 Å². The van der Waals surface area contributed by atoms with Gasteiger partial charge in [0.25, 0.3) is 0 Å². The van der Waals surface area contributed by atoms with Gasteiger partial charge in [-0.25, -0.2) is 4.39 Å². The Balaban J connectivity index is 1.82. The molecule has 0 aliphatic carbocycles. The van der Waals surface area contributed by atoms with E-state index in [9.17, 15) is 14.0 Å². The molecule has 0 aliphatic rings. The molecule has 114 valence electrons. The Labute approximate surface area is 129 Å². The molecule has 2 rings (SSSR count). The first-order chi connectivity index (χ1) is 10.6. The highest BCUT2D eigenvalue weighted by Gasteiger charge is 2.12. The number of carbonyl (C=O) groups is 2. The summed E-state index contributed by atoms with van der Waals surface area (Å²) in [4.78, 5) is 23.8. The minimum Gasteiger partial charge on any atom is -0.349 e. The summed E-state index contributed by atoms with van der Waals surface area (Å²) in [5.41, 5.74) is 1.47. The first-order valence-electron chi connectivity index (χ1n) is 7.16. The Hall–Kier alpha value is -2.49. The first kappa shape index (κ1) is 15.9. The van der Waals surface area contributed by atoms with Crippen molar-refractivity contribution in [2.24, 2.45) is 0 Å². The Morgan fingerprint density at radius 3 is 2.32 bits per heavy atom. The number of rotatable bonds is 6. The lowest BCUT2D eigenvalue weighted by atomic mass is 9.97. The van der Waals surface area contributed by atoms with Crippen molar-refractivity contribution in [1.29, 1.82) is 0 Å². The molecule has 22 heavy (non-hydrogen) atoms. The molecule has 0 bridgehead atoms. The zero-order chi connectivity index (χ0) is 15.9. The molecule has 0 fully saturated rings. The first-order valence-corrected chi connectivity index (χ1v) is 7.16. The molecule has 0 saturated carbocycles. The number of ketones is 1. The van der Waals surface area contributed by atoms with Crippen LogP contribution >= 0.6 is 0 Å². The summed E-state index contributed by atoms with van der Waals surface area (Å²) in [5.74, 6) is -0.716. The second-order valence-electron chi connectivity index (χ2n) is 5.22. The Morgan fingerprint density at radius 1 is 1.05 bits per heavy atom. The van der Waals surface area contributed by atoms with Crippen LogP contribution in [0.5, 0.6) is 0 Å². The summed E-state index contributed by atoms with van der Waals surface area (Å²) in [7, 11) is 0. The van der Waals surface area contributed by atoms with E-state index in [4.69, 9.17) is 0 Å². The SMILES string of the molecule is CC(CC(=O)NCC(=O)c1ccc(F)cc1)c1ccccc1. The molecule has 0 saturated heterocycles. The number of nitrogens with one attached hydrogen (secondary N) is 1. The summed E-state index contributed by atoms with van der Waals surface area (Å²) in [6, 6.07) is 15.0. The van der Waals surface area contributed by atoms with Crippen LogP contribution in [0.1, 0.15) is 35.2 Å². The van der Waals surface area contributed by atoms with Gasteiger partial charge in [0.1, 0.15) is 5.82 Å². The molecule has 0 aromatic heterocycles. The molecule has 1 N–H and O–H groups in total. The van der Waals surface area contributed by atoms with E-state index in [2.05, 4.69) is 5.32 Å². The molecule has 1 amide bonds. The fourth-order valence-electron chi connectivity index (χ4n) is 2.17. The number of hydrogen-bond acceptors (Lipinski definition) is 2. The molecule has 4 heteroatoms. The van der Waals surface area contributed by atoms with Crippen molar-refractivity contribution >= 4 is 11.7 Å². The lowest BCUT2D eigenvalue weighted by Crippen LogP contribution is -2.30. The van der Waals surface area contributed by atoms with Gasteiger partial charge < -0.3 is 5.32 Å². The third-order valence-electron chi connectivity index (χ3n) is 3.47. The fraction of sp³-hybridized carbons (Fsp3) is 0.222. The maximum Gasteiger partial charge on any atom is 0.220 e. The van der Waals surface area contributed by atoms with E-state index in [0.717, 1.165) is 5.56 Å². The quantitative estimate of drug-likeness (QED) is 0.832. The highest BCUT2D eigenvalue weighted by atomic mass is 19.1. The van der Waals surface area contributed by atoms with Gasteiger partial charge in [-0.1, -0.05) is 37.3 Å². The lowest BCUT2D eigenvalue weighted by molar-refractivity contribution is -0.121. The Morgan fingerprint density at radius 2 is 1.68 bits per heavy atom. The number of halogens is 1. The molecule has 2 aromatic carbocycles. The molecule has 1 unspecified atom stereocenters. The molecule has 2 aromatic rings. The second kappa shape index (κ2) is 7.50. The van der Waals surface area contributed by atoms with E-state index in [-0.39, 0.29) is 24.2 Å². The van der Waals surface area contributed by atoms with Gasteiger partial charge in [0.15, 0.2) is 5.78 Å². The predicted molar refractivity (Wildman–Crippen MR) is 83.2 cm³/mol. The van der Waals surface area contributed by atoms with Crippen LogP contribution in [0.2, 0.25) is 0 Å². The number of benzene rings is 2. The van der Waals surface area contributed by atoms with Gasteiger partial charge in [-0.2, -0.15) is 0 Å². The van der Waals surface area contributed by atoms with Gasteiger partial charge in [0.2, 0.25) is 5.91 Å². The molecule has 0 spiro atoms. The molecule has 3 nitrogen and oxygen atoms in total. The number of hydrogen-bond donors (Lipinski definition) is 1. The molecule has 0 aliphatic heterocycles. The fourth-order valence-corrected chi connectivity index (χ4v) is 2.17. The normalized spacial score (nSPS) is 11.7. The van der Waals surface area contributed by atoms with E-state index in [0.29, 0.717) is 12.0 Å². The van der Waals surface area contributed by atoms with Crippen LogP contribution in [0.4, 0.5) is 4.39 Å². The minimum absolute atomic E-state index is 0.0774. The van der Waals surface area contributed by atoms with Gasteiger partial charge in [-0.05, 0) is 35.7 Å². The van der Waals surface area contributed by atoms with Gasteiger partial charge in [-0.15, -0.1) is 0 Å². The standard InChI is InChI=1S/C18H18FNO2/c1-13(14-5-3-2-4-6-14)11-18(22)20-12-17(21)15-7-9-16(19)10-8-15/h2-10,13H,11-12H2,1H3,(H,20,22). The van der Waals surface area contributed by atoms with Crippen LogP contribution < -0.4 is 5.32 Å². The zero-order valence-corrected chi connectivity index (χ0v) is 12.4. The van der Waals surface area contributed by atoms with E-state index >= 15 is 0 Å². The number of Topliss-reactive ketones (excluding diaryl/α,β-unsaturated/α-hetero) is 1. The highest BCUT2D eigenvalue weighted by Crippen LogP contribution is 2.17. The van der Waals surface area contributed by atoms with E-state index in [1.165, 1.54) is 24.3 Å². The molecule has 0 heterocycles. The number of carbonyl (C=O) groups excluding carboxylic acids is 2. The van der Waals surface area contributed by atoms with Crippen molar-refractivity contribution in [2.75, 3.05) is 6.54 Å². The summed E-state index contributed by atoms with van der Waals surface area (Å²) in [6.45, 7) is 1.89. The van der Waals surface area contributed by atoms with Gasteiger partial charge in [0, 0.05) is 12.0 Å². The van der Waals surface area contributed by atoms with Crippen LogP contribution in [0.3, 0.4) is 0 Å². The van der Waals surface area contributed by atoms with Crippen LogP contribution in [-0.4, -0.2) is 18.2 Å². The van der Waals surface area contributed by atoms with E-state index in [1.807, 2.05) is 37.3 Å². The zero-order valence-electron chi connectivity index (χ0n) is 12.4. The maximum atomic E-state index is 12.8. The number of amides is 1. The third-order valence-corrected chi connectivity index (χ3v) is 3.47. The topological polar surface area (TPSA) is 46.2 Å². The smallest absolute Gasteiger partial charge is 0.220 e. The summed E-state index contributed by atoms with van der Waals surface area (Å²) in [6.07, 6.45) is 0.320. The highest BCUT2D eigenvalue weighted by molar-refractivity contribution is 5.99. The van der Waals surface area contributed by atoms with Crippen molar-refractivity contribution in [3.8, 4) is 0 Å². The molecular weight excluding hydrogens is 281 g/mol. The van der Waals surface area contributed by atoms with Crippen LogP contribution in [-0.2, 0) is 4.79 Å². The monoisotopic (exact) mass is 299 g/mol. The van der Waals surface area contributed by atoms with Gasteiger partial charge in [0.05, 0.1) is 6.54 Å². The van der Waals surface area contributed by atoms with Crippen molar-refractivity contribution in [2.45, 2.75) is 19.3 Å². The van der Waals surface area contributed by atoms with Gasteiger partial charge >= 0.3 is 0 Å².